The maximum atomic E-state index is 11.5. The standard InChI is InChI=1S/C36H58N4O2/c1-9-29-30(10-2)38-20-24-16-28(36(6,7)8)18-26(34(24)42)22-40-32-14-12-11-13-31(32)39-21-25-17-27(35(3,4)5)15-23(19-37-29)33(25)41/h15-18,29-32,37-42H,9-14,19-22H2,1-8H3. The predicted octanol–water partition coefficient (Wildman–Crippen LogP) is 6.63. The van der Waals surface area contributed by atoms with Gasteiger partial charge in [0.1, 0.15) is 11.5 Å². The number of phenols is 2. The molecule has 4 bridgehead atoms. The largest absolute Gasteiger partial charge is 0.507 e. The Balaban J connectivity index is 1.74. The molecule has 0 radical (unpaired) electrons. The van der Waals surface area contributed by atoms with Crippen molar-refractivity contribution in [2.24, 2.45) is 0 Å². The lowest BCUT2D eigenvalue weighted by molar-refractivity contribution is 0.279. The van der Waals surface area contributed by atoms with Crippen molar-refractivity contribution in [3.63, 3.8) is 0 Å². The van der Waals surface area contributed by atoms with Crippen LogP contribution in [0.25, 0.3) is 0 Å². The van der Waals surface area contributed by atoms with Crippen molar-refractivity contribution in [3.05, 3.63) is 57.6 Å². The molecule has 4 atom stereocenters. The van der Waals surface area contributed by atoms with E-state index in [9.17, 15) is 10.2 Å². The third-order valence-electron chi connectivity index (χ3n) is 9.62. The van der Waals surface area contributed by atoms with Crippen LogP contribution in [0.5, 0.6) is 11.5 Å². The first-order valence-corrected chi connectivity index (χ1v) is 16.5. The molecule has 0 amide bonds. The number of phenolic OH excluding ortho intramolecular Hbond substituents is 2. The first kappa shape index (κ1) is 32.8. The van der Waals surface area contributed by atoms with E-state index in [-0.39, 0.29) is 22.9 Å². The zero-order valence-electron chi connectivity index (χ0n) is 27.6. The van der Waals surface area contributed by atoms with Gasteiger partial charge in [-0.3, -0.25) is 0 Å². The Morgan fingerprint density at radius 2 is 0.881 bits per heavy atom. The molecule has 1 fully saturated rings. The molecule has 234 valence electrons. The molecule has 42 heavy (non-hydrogen) atoms. The molecule has 6 nitrogen and oxygen atoms in total. The van der Waals surface area contributed by atoms with Gasteiger partial charge >= 0.3 is 0 Å². The Bertz CT molecular complexity index is 1040. The van der Waals surface area contributed by atoms with E-state index in [2.05, 4.69) is 101 Å². The van der Waals surface area contributed by atoms with E-state index in [1.54, 1.807) is 0 Å². The van der Waals surface area contributed by atoms with Crippen LogP contribution in [-0.4, -0.2) is 34.4 Å². The van der Waals surface area contributed by atoms with Crippen LogP contribution in [0.4, 0.5) is 0 Å². The van der Waals surface area contributed by atoms with Crippen LogP contribution in [0.2, 0.25) is 0 Å². The number of nitrogens with one attached hydrogen (secondary N) is 4. The minimum Gasteiger partial charge on any atom is -0.507 e. The van der Waals surface area contributed by atoms with Gasteiger partial charge in [0.15, 0.2) is 0 Å². The Labute approximate surface area is 255 Å². The molecule has 1 aliphatic carbocycles. The molecular weight excluding hydrogens is 520 g/mol. The summed E-state index contributed by atoms with van der Waals surface area (Å²) in [5.41, 5.74) is 6.36. The molecule has 2 aromatic carbocycles. The average Bonchev–Trinajstić information content (AvgIpc) is 2.93. The van der Waals surface area contributed by atoms with Gasteiger partial charge in [-0.15, -0.1) is 0 Å². The number of aromatic hydroxyl groups is 2. The summed E-state index contributed by atoms with van der Waals surface area (Å²) in [7, 11) is 0. The van der Waals surface area contributed by atoms with Crippen LogP contribution >= 0.6 is 0 Å². The van der Waals surface area contributed by atoms with E-state index in [1.165, 1.54) is 24.0 Å². The van der Waals surface area contributed by atoms with Gasteiger partial charge < -0.3 is 31.5 Å². The average molecular weight is 579 g/mol. The molecule has 0 aromatic heterocycles. The van der Waals surface area contributed by atoms with Crippen LogP contribution in [0.15, 0.2) is 24.3 Å². The van der Waals surface area contributed by atoms with E-state index in [0.717, 1.165) is 47.9 Å². The van der Waals surface area contributed by atoms with Crippen LogP contribution in [0.3, 0.4) is 0 Å². The van der Waals surface area contributed by atoms with Gasteiger partial charge in [0.05, 0.1) is 0 Å². The van der Waals surface area contributed by atoms with Crippen molar-refractivity contribution in [2.45, 2.75) is 155 Å². The minimum absolute atomic E-state index is 0.0124. The molecule has 2 aliphatic rings. The summed E-state index contributed by atoms with van der Waals surface area (Å²) in [4.78, 5) is 0. The lowest BCUT2D eigenvalue weighted by atomic mass is 9.84. The van der Waals surface area contributed by atoms with Crippen molar-refractivity contribution in [1.29, 1.82) is 0 Å². The van der Waals surface area contributed by atoms with E-state index in [1.807, 2.05) is 0 Å². The topological polar surface area (TPSA) is 88.6 Å². The maximum absolute atomic E-state index is 11.5. The van der Waals surface area contributed by atoms with Crippen molar-refractivity contribution < 1.29 is 10.2 Å². The van der Waals surface area contributed by atoms with Gasteiger partial charge in [-0.2, -0.15) is 0 Å². The fourth-order valence-corrected chi connectivity index (χ4v) is 6.65. The van der Waals surface area contributed by atoms with Gasteiger partial charge in [-0.25, -0.2) is 0 Å². The van der Waals surface area contributed by atoms with Crippen LogP contribution in [0.1, 0.15) is 127 Å². The van der Waals surface area contributed by atoms with Crippen molar-refractivity contribution >= 4 is 0 Å². The second-order valence-corrected chi connectivity index (χ2v) is 14.8. The fourth-order valence-electron chi connectivity index (χ4n) is 6.65. The third kappa shape index (κ3) is 7.88. The first-order chi connectivity index (χ1) is 19.8. The zero-order valence-corrected chi connectivity index (χ0v) is 27.6. The van der Waals surface area contributed by atoms with E-state index >= 15 is 0 Å². The van der Waals surface area contributed by atoms with Gasteiger partial charge in [0.25, 0.3) is 0 Å². The van der Waals surface area contributed by atoms with E-state index in [0.29, 0.717) is 49.8 Å². The summed E-state index contributed by atoms with van der Waals surface area (Å²) >= 11 is 0. The Kier molecular flexibility index (Phi) is 10.7. The Hall–Kier alpha value is -2.12. The lowest BCUT2D eigenvalue weighted by Gasteiger charge is -2.34. The van der Waals surface area contributed by atoms with Gasteiger partial charge in [0.2, 0.25) is 0 Å². The summed E-state index contributed by atoms with van der Waals surface area (Å²) in [5, 5.41) is 38.2. The SMILES string of the molecule is CCC1NCc2cc(C(C)(C)C)cc(c2O)CNC2CCCCC2NCc2cc(C(C)(C)C)cc(c2O)CNC1CC. The highest BCUT2D eigenvalue weighted by Crippen LogP contribution is 2.34. The van der Waals surface area contributed by atoms with Crippen molar-refractivity contribution in [1.82, 2.24) is 21.3 Å². The van der Waals surface area contributed by atoms with Gasteiger partial charge in [0, 0.05) is 72.6 Å². The van der Waals surface area contributed by atoms with Gasteiger partial charge in [-0.05, 0) is 47.6 Å². The van der Waals surface area contributed by atoms with E-state index < -0.39 is 0 Å². The number of rotatable bonds is 2. The normalized spacial score (nSPS) is 24.9. The summed E-state index contributed by atoms with van der Waals surface area (Å²) in [6, 6.07) is 9.83. The van der Waals surface area contributed by atoms with Crippen LogP contribution < -0.4 is 21.3 Å². The molecule has 4 unspecified atom stereocenters. The number of hydrogen-bond acceptors (Lipinski definition) is 6. The molecule has 2 aromatic rings. The molecule has 6 heteroatoms. The fraction of sp³-hybridized carbons (Fsp3) is 0.667. The Morgan fingerprint density at radius 3 is 1.17 bits per heavy atom. The van der Waals surface area contributed by atoms with Crippen LogP contribution in [-0.2, 0) is 37.0 Å². The molecule has 0 saturated heterocycles. The lowest BCUT2D eigenvalue weighted by Crippen LogP contribution is -2.49. The van der Waals surface area contributed by atoms with Crippen LogP contribution in [0, 0.1) is 0 Å². The Morgan fingerprint density at radius 1 is 0.571 bits per heavy atom. The molecular formula is C36H58N4O2. The summed E-state index contributed by atoms with van der Waals surface area (Å²) in [6.45, 7) is 20.4. The molecule has 6 N–H and O–H groups in total. The molecule has 1 heterocycles. The summed E-state index contributed by atoms with van der Waals surface area (Å²) in [6.07, 6.45) is 6.54. The van der Waals surface area contributed by atoms with Crippen molar-refractivity contribution in [3.8, 4) is 11.5 Å². The summed E-state index contributed by atoms with van der Waals surface area (Å²) in [5.74, 6) is 0.824. The molecule has 1 aliphatic heterocycles. The quantitative estimate of drug-likeness (QED) is 0.240. The second kappa shape index (κ2) is 13.7. The highest BCUT2D eigenvalue weighted by Gasteiger charge is 2.28. The monoisotopic (exact) mass is 578 g/mol. The highest BCUT2D eigenvalue weighted by molar-refractivity contribution is 5.47. The summed E-state index contributed by atoms with van der Waals surface area (Å²) < 4.78 is 0. The smallest absolute Gasteiger partial charge is 0.124 e. The molecule has 1 saturated carbocycles. The van der Waals surface area contributed by atoms with Gasteiger partial charge in [-0.1, -0.05) is 92.5 Å². The first-order valence-electron chi connectivity index (χ1n) is 16.5. The molecule has 0 spiro atoms. The highest BCUT2D eigenvalue weighted by atomic mass is 16.3. The van der Waals surface area contributed by atoms with E-state index in [4.69, 9.17) is 0 Å². The predicted molar refractivity (Wildman–Crippen MR) is 175 cm³/mol. The maximum Gasteiger partial charge on any atom is 0.124 e. The second-order valence-electron chi connectivity index (χ2n) is 14.8. The number of benzene rings is 2. The molecule has 4 rings (SSSR count). The van der Waals surface area contributed by atoms with Crippen molar-refractivity contribution in [2.75, 3.05) is 0 Å². The zero-order chi connectivity index (χ0) is 30.7. The number of fused-ring (bicyclic) bond motifs is 5. The minimum atomic E-state index is -0.0124. The number of hydrogen-bond donors (Lipinski definition) is 6. The third-order valence-corrected chi connectivity index (χ3v) is 9.62.